The first-order valence-electron chi connectivity index (χ1n) is 11.1. The lowest BCUT2D eigenvalue weighted by Gasteiger charge is -2.36. The van der Waals surface area contributed by atoms with Crippen LogP contribution in [0.2, 0.25) is 5.02 Å². The van der Waals surface area contributed by atoms with Crippen LogP contribution in [0.4, 0.5) is 11.4 Å². The minimum atomic E-state index is -0.914. The molecule has 4 aromatic rings. The second kappa shape index (κ2) is 9.05. The van der Waals surface area contributed by atoms with Gasteiger partial charge < -0.3 is 25.1 Å². The van der Waals surface area contributed by atoms with E-state index in [1.165, 1.54) is 0 Å². The van der Waals surface area contributed by atoms with Crippen LogP contribution in [0.25, 0.3) is 11.0 Å². The zero-order valence-corrected chi connectivity index (χ0v) is 19.9. The van der Waals surface area contributed by atoms with E-state index in [9.17, 15) is 9.59 Å². The third-order valence-electron chi connectivity index (χ3n) is 6.07. The molecule has 1 aliphatic rings. The number of benzene rings is 2. The van der Waals surface area contributed by atoms with Gasteiger partial charge in [-0.2, -0.15) is 0 Å². The van der Waals surface area contributed by atoms with Gasteiger partial charge in [0.25, 0.3) is 0 Å². The van der Waals surface area contributed by atoms with Gasteiger partial charge in [-0.15, -0.1) is 0 Å². The average Bonchev–Trinajstić information content (AvgIpc) is 3.29. The number of hydrogen-bond donors (Lipinski definition) is 3. The standard InChI is InChI=1S/C26H23ClN4O4/c1-26(10-11-34-2)25(33)30-20-14-29-24-21(22(20)31-26)18(13-28-24)23(32)17-9-8-16(12-19(17)27)35-15-6-4-3-5-7-15/h3-9,12-14,31H,10-11H2,1-2H3,(H,28,29)(H,30,33)/t26-/m1/s1. The normalized spacial score (nSPS) is 16.9. The number of nitrogens with one attached hydrogen (secondary N) is 3. The zero-order valence-electron chi connectivity index (χ0n) is 19.1. The molecule has 35 heavy (non-hydrogen) atoms. The Hall–Kier alpha value is -3.88. The molecule has 5 rings (SSSR count). The number of carbonyl (C=O) groups excluding carboxylic acids is 2. The molecule has 1 amide bonds. The smallest absolute Gasteiger partial charge is 0.249 e. The molecule has 0 radical (unpaired) electrons. The van der Waals surface area contributed by atoms with Crippen molar-refractivity contribution in [3.05, 3.63) is 77.1 Å². The van der Waals surface area contributed by atoms with E-state index in [-0.39, 0.29) is 16.7 Å². The molecule has 0 bridgehead atoms. The number of carbonyl (C=O) groups is 2. The number of fused-ring (bicyclic) bond motifs is 3. The number of pyridine rings is 1. The average molecular weight is 491 g/mol. The molecule has 0 fully saturated rings. The number of methoxy groups -OCH3 is 1. The molecule has 0 saturated heterocycles. The van der Waals surface area contributed by atoms with Crippen LogP contribution < -0.4 is 15.4 Å². The van der Waals surface area contributed by atoms with E-state index in [0.717, 1.165) is 0 Å². The molecular weight excluding hydrogens is 468 g/mol. The van der Waals surface area contributed by atoms with Crippen molar-refractivity contribution < 1.29 is 19.1 Å². The number of amides is 1. The molecule has 0 saturated carbocycles. The molecule has 1 atom stereocenters. The van der Waals surface area contributed by atoms with E-state index >= 15 is 0 Å². The summed E-state index contributed by atoms with van der Waals surface area (Å²) in [5.74, 6) is 0.722. The molecule has 178 valence electrons. The third kappa shape index (κ3) is 4.22. The summed E-state index contributed by atoms with van der Waals surface area (Å²) >= 11 is 6.51. The highest BCUT2D eigenvalue weighted by molar-refractivity contribution is 6.36. The molecule has 0 spiro atoms. The summed E-state index contributed by atoms with van der Waals surface area (Å²) in [7, 11) is 1.59. The van der Waals surface area contributed by atoms with Gasteiger partial charge in [0.1, 0.15) is 22.7 Å². The van der Waals surface area contributed by atoms with E-state index in [1.54, 1.807) is 44.6 Å². The van der Waals surface area contributed by atoms with Gasteiger partial charge in [0.2, 0.25) is 5.91 Å². The van der Waals surface area contributed by atoms with E-state index in [0.29, 0.717) is 58.1 Å². The van der Waals surface area contributed by atoms with E-state index in [2.05, 4.69) is 20.6 Å². The quantitative estimate of drug-likeness (QED) is 0.300. The molecule has 8 nitrogen and oxygen atoms in total. The number of ether oxygens (including phenoxy) is 2. The van der Waals surface area contributed by atoms with Crippen molar-refractivity contribution in [2.24, 2.45) is 0 Å². The van der Waals surface area contributed by atoms with Crippen LogP contribution >= 0.6 is 11.6 Å². The van der Waals surface area contributed by atoms with Crippen molar-refractivity contribution in [2.75, 3.05) is 24.4 Å². The minimum absolute atomic E-state index is 0.191. The number of aromatic amines is 1. The number of para-hydroxylation sites is 1. The zero-order chi connectivity index (χ0) is 24.6. The molecule has 0 unspecified atom stereocenters. The van der Waals surface area contributed by atoms with Crippen molar-refractivity contribution >= 4 is 45.7 Å². The van der Waals surface area contributed by atoms with Gasteiger partial charge in [-0.3, -0.25) is 9.59 Å². The van der Waals surface area contributed by atoms with Crippen LogP contribution in [0, 0.1) is 0 Å². The monoisotopic (exact) mass is 490 g/mol. The summed E-state index contributed by atoms with van der Waals surface area (Å²) < 4.78 is 11.0. The Labute approximate surface area is 206 Å². The van der Waals surface area contributed by atoms with Crippen molar-refractivity contribution in [3.63, 3.8) is 0 Å². The van der Waals surface area contributed by atoms with Crippen LogP contribution in [0.1, 0.15) is 29.3 Å². The van der Waals surface area contributed by atoms with Crippen molar-refractivity contribution in [3.8, 4) is 11.5 Å². The van der Waals surface area contributed by atoms with Crippen molar-refractivity contribution in [1.29, 1.82) is 0 Å². The highest BCUT2D eigenvalue weighted by Crippen LogP contribution is 2.40. The summed E-state index contributed by atoms with van der Waals surface area (Å²) in [6, 6.07) is 14.3. The second-order valence-electron chi connectivity index (χ2n) is 8.51. The van der Waals surface area contributed by atoms with Gasteiger partial charge in [0.15, 0.2) is 5.78 Å². The van der Waals surface area contributed by atoms with Crippen LogP contribution in [0.15, 0.2) is 60.9 Å². The van der Waals surface area contributed by atoms with Crippen LogP contribution in [-0.4, -0.2) is 40.9 Å². The summed E-state index contributed by atoms with van der Waals surface area (Å²) in [6.07, 6.45) is 3.61. The number of rotatable bonds is 7. The Morgan fingerprint density at radius 1 is 1.11 bits per heavy atom. The number of hydrogen-bond acceptors (Lipinski definition) is 6. The number of anilines is 2. The van der Waals surface area contributed by atoms with E-state index in [1.807, 2.05) is 30.3 Å². The number of halogens is 1. The third-order valence-corrected chi connectivity index (χ3v) is 6.38. The first kappa shape index (κ1) is 22.9. The lowest BCUT2D eigenvalue weighted by atomic mass is 9.92. The van der Waals surface area contributed by atoms with Crippen LogP contribution in [0.3, 0.4) is 0 Å². The number of ketones is 1. The van der Waals surface area contributed by atoms with Gasteiger partial charge >= 0.3 is 0 Å². The maximum atomic E-state index is 13.6. The maximum Gasteiger partial charge on any atom is 0.249 e. The predicted octanol–water partition coefficient (Wildman–Crippen LogP) is 5.40. The fourth-order valence-electron chi connectivity index (χ4n) is 4.09. The molecule has 2 aromatic heterocycles. The SMILES string of the molecule is COCC[C@@]1(C)Nc2c(cnc3[nH]cc(C(=O)c4ccc(Oc5ccccc5)cc4Cl)c23)NC1=O. The Morgan fingerprint density at radius 2 is 1.91 bits per heavy atom. The second-order valence-corrected chi connectivity index (χ2v) is 8.92. The Balaban J connectivity index is 1.51. The lowest BCUT2D eigenvalue weighted by molar-refractivity contribution is -0.120. The summed E-state index contributed by atoms with van der Waals surface area (Å²) in [5, 5.41) is 7.08. The van der Waals surface area contributed by atoms with Gasteiger partial charge in [0.05, 0.1) is 33.5 Å². The predicted molar refractivity (Wildman–Crippen MR) is 135 cm³/mol. The Kier molecular flexibility index (Phi) is 5.92. The summed E-state index contributed by atoms with van der Waals surface area (Å²) in [6.45, 7) is 2.19. The first-order valence-corrected chi connectivity index (χ1v) is 11.4. The van der Waals surface area contributed by atoms with Gasteiger partial charge in [-0.05, 0) is 31.2 Å². The molecule has 9 heteroatoms. The first-order chi connectivity index (χ1) is 16.9. The molecule has 3 N–H and O–H groups in total. The van der Waals surface area contributed by atoms with E-state index in [4.69, 9.17) is 21.1 Å². The highest BCUT2D eigenvalue weighted by Gasteiger charge is 2.39. The summed E-state index contributed by atoms with van der Waals surface area (Å²) in [4.78, 5) is 33.8. The Bertz CT molecular complexity index is 1440. The van der Waals surface area contributed by atoms with Crippen molar-refractivity contribution in [2.45, 2.75) is 18.9 Å². The molecule has 3 heterocycles. The Morgan fingerprint density at radius 3 is 2.66 bits per heavy atom. The fourth-order valence-corrected chi connectivity index (χ4v) is 4.34. The minimum Gasteiger partial charge on any atom is -0.457 e. The molecule has 2 aromatic carbocycles. The molecular formula is C26H23ClN4O4. The molecule has 0 aliphatic carbocycles. The largest absolute Gasteiger partial charge is 0.457 e. The van der Waals surface area contributed by atoms with Crippen LogP contribution in [0.5, 0.6) is 11.5 Å². The number of H-pyrrole nitrogens is 1. The van der Waals surface area contributed by atoms with Crippen LogP contribution in [-0.2, 0) is 9.53 Å². The molecule has 1 aliphatic heterocycles. The topological polar surface area (TPSA) is 105 Å². The lowest BCUT2D eigenvalue weighted by Crippen LogP contribution is -2.50. The summed E-state index contributed by atoms with van der Waals surface area (Å²) in [5.41, 5.74) is 1.45. The van der Waals surface area contributed by atoms with Gasteiger partial charge in [-0.1, -0.05) is 29.8 Å². The van der Waals surface area contributed by atoms with Gasteiger partial charge in [-0.25, -0.2) is 4.98 Å². The maximum absolute atomic E-state index is 13.6. The number of nitrogens with zero attached hydrogens (tertiary/aromatic N) is 1. The fraction of sp³-hybridized carbons (Fsp3) is 0.192. The highest BCUT2D eigenvalue weighted by atomic mass is 35.5. The van der Waals surface area contributed by atoms with E-state index < -0.39 is 5.54 Å². The number of aromatic nitrogens is 2. The van der Waals surface area contributed by atoms with Crippen molar-refractivity contribution in [1.82, 2.24) is 9.97 Å². The van der Waals surface area contributed by atoms with Gasteiger partial charge in [0, 0.05) is 38.0 Å².